The van der Waals surface area contributed by atoms with Crippen LogP contribution in [0.25, 0.3) is 0 Å². The second kappa shape index (κ2) is 8.26. The maximum atomic E-state index is 12.5. The summed E-state index contributed by atoms with van der Waals surface area (Å²) in [6.07, 6.45) is 0.285. The summed E-state index contributed by atoms with van der Waals surface area (Å²) in [4.78, 5) is 40.4. The van der Waals surface area contributed by atoms with Gasteiger partial charge in [-0.1, -0.05) is 19.1 Å². The van der Waals surface area contributed by atoms with E-state index in [-0.39, 0.29) is 19.6 Å². The average Bonchev–Trinajstić information content (AvgIpc) is 2.83. The molecule has 8 heteroatoms. The van der Waals surface area contributed by atoms with Gasteiger partial charge in [-0.3, -0.25) is 19.4 Å². The predicted octanol–water partition coefficient (Wildman–Crippen LogP) is 1.18. The van der Waals surface area contributed by atoms with E-state index < -0.39 is 17.8 Å². The molecule has 0 radical (unpaired) electrons. The van der Waals surface area contributed by atoms with Crippen molar-refractivity contribution >= 4 is 17.8 Å². The fourth-order valence-electron chi connectivity index (χ4n) is 2.46. The summed E-state index contributed by atoms with van der Waals surface area (Å²) >= 11 is 0. The number of benzene rings is 1. The van der Waals surface area contributed by atoms with Crippen LogP contribution in [0.4, 0.5) is 4.79 Å². The Kier molecular flexibility index (Phi) is 6.08. The Bertz CT molecular complexity index is 696. The molecule has 0 aliphatic carbocycles. The quantitative estimate of drug-likeness (QED) is 0.519. The third-order valence-corrected chi connectivity index (χ3v) is 3.96. The van der Waals surface area contributed by atoms with Crippen LogP contribution in [0, 0.1) is 11.3 Å². The number of methoxy groups -OCH3 is 1. The number of nitrogens with zero attached hydrogens (tertiary/aromatic N) is 4. The fraction of sp³-hybridized carbons (Fsp3) is 0.412. The molecule has 1 aliphatic rings. The Morgan fingerprint density at radius 2 is 1.76 bits per heavy atom. The van der Waals surface area contributed by atoms with Gasteiger partial charge in [0.1, 0.15) is 5.75 Å². The van der Waals surface area contributed by atoms with Crippen LogP contribution >= 0.6 is 0 Å². The first-order valence-electron chi connectivity index (χ1n) is 7.91. The smallest absolute Gasteiger partial charge is 0.335 e. The number of imide groups is 2. The lowest BCUT2D eigenvalue weighted by Crippen LogP contribution is -2.42. The molecule has 1 aliphatic heterocycles. The Balaban J connectivity index is 2.08. The Labute approximate surface area is 146 Å². The Morgan fingerprint density at radius 1 is 1.12 bits per heavy atom. The molecule has 25 heavy (non-hydrogen) atoms. The third kappa shape index (κ3) is 4.14. The van der Waals surface area contributed by atoms with E-state index in [0.29, 0.717) is 24.4 Å². The molecule has 0 N–H and O–H groups in total. The molecule has 1 aromatic rings. The number of hydrogen-bond acceptors (Lipinski definition) is 6. The zero-order chi connectivity index (χ0) is 18.4. The van der Waals surface area contributed by atoms with E-state index in [1.807, 2.05) is 13.0 Å². The van der Waals surface area contributed by atoms with Crippen LogP contribution in [0.2, 0.25) is 0 Å². The van der Waals surface area contributed by atoms with E-state index in [9.17, 15) is 14.4 Å². The van der Waals surface area contributed by atoms with Crippen LogP contribution in [0.1, 0.15) is 18.9 Å². The summed E-state index contributed by atoms with van der Waals surface area (Å²) < 4.78 is 5.07. The van der Waals surface area contributed by atoms with Gasteiger partial charge in [0.15, 0.2) is 0 Å². The largest absolute Gasteiger partial charge is 0.497 e. The zero-order valence-corrected chi connectivity index (χ0v) is 14.3. The van der Waals surface area contributed by atoms with Crippen molar-refractivity contribution in [3.63, 3.8) is 0 Å². The predicted molar refractivity (Wildman–Crippen MR) is 88.1 cm³/mol. The van der Waals surface area contributed by atoms with Gasteiger partial charge >= 0.3 is 17.8 Å². The number of hydrogen-bond donors (Lipinski definition) is 0. The van der Waals surface area contributed by atoms with E-state index in [1.54, 1.807) is 36.3 Å². The van der Waals surface area contributed by atoms with Crippen LogP contribution in [-0.2, 0) is 16.1 Å². The van der Waals surface area contributed by atoms with Crippen molar-refractivity contribution in [1.82, 2.24) is 14.7 Å². The van der Waals surface area contributed by atoms with Gasteiger partial charge in [0.2, 0.25) is 0 Å². The fourth-order valence-corrected chi connectivity index (χ4v) is 2.46. The molecule has 0 atom stereocenters. The topological polar surface area (TPSA) is 93.9 Å². The molecule has 0 aromatic heterocycles. The molecular formula is C17H20N4O4. The van der Waals surface area contributed by atoms with Gasteiger partial charge in [0.05, 0.1) is 26.4 Å². The van der Waals surface area contributed by atoms with E-state index >= 15 is 0 Å². The van der Waals surface area contributed by atoms with Gasteiger partial charge in [0, 0.05) is 13.0 Å². The van der Waals surface area contributed by atoms with Crippen LogP contribution < -0.4 is 4.74 Å². The highest BCUT2D eigenvalue weighted by molar-refractivity contribution is 6.44. The minimum atomic E-state index is -0.839. The highest BCUT2D eigenvalue weighted by Crippen LogP contribution is 2.18. The number of rotatable bonds is 8. The van der Waals surface area contributed by atoms with Gasteiger partial charge in [-0.05, 0) is 24.2 Å². The summed E-state index contributed by atoms with van der Waals surface area (Å²) in [5.74, 6) is -1.01. The number of amides is 4. The first-order valence-corrected chi connectivity index (χ1v) is 7.91. The molecule has 0 unspecified atom stereocenters. The summed E-state index contributed by atoms with van der Waals surface area (Å²) in [7, 11) is 1.55. The van der Waals surface area contributed by atoms with Crippen LogP contribution in [-0.4, -0.2) is 59.4 Å². The van der Waals surface area contributed by atoms with Crippen molar-refractivity contribution in [2.75, 3.05) is 26.9 Å². The van der Waals surface area contributed by atoms with Gasteiger partial charge in [-0.15, -0.1) is 0 Å². The molecule has 0 spiro atoms. The van der Waals surface area contributed by atoms with E-state index in [1.165, 1.54) is 0 Å². The molecule has 1 fully saturated rings. The molecule has 0 bridgehead atoms. The Hall–Kier alpha value is -2.92. The SMILES string of the molecule is CCN(CCC#N)CN1C(=O)C(=O)N(Cc2ccc(OC)cc2)C1=O. The van der Waals surface area contributed by atoms with Gasteiger partial charge in [-0.25, -0.2) is 9.69 Å². The van der Waals surface area contributed by atoms with Crippen LogP contribution in [0.3, 0.4) is 0 Å². The normalized spacial score (nSPS) is 14.4. The van der Waals surface area contributed by atoms with Crippen molar-refractivity contribution in [3.8, 4) is 11.8 Å². The standard InChI is InChI=1S/C17H20N4O4/c1-3-19(10-4-9-18)12-21-16(23)15(22)20(17(21)24)11-13-5-7-14(25-2)8-6-13/h5-8H,3-4,10-12H2,1-2H3. The van der Waals surface area contributed by atoms with E-state index in [0.717, 1.165) is 9.80 Å². The highest BCUT2D eigenvalue weighted by Gasteiger charge is 2.44. The number of nitriles is 1. The first kappa shape index (κ1) is 18.4. The van der Waals surface area contributed by atoms with Crippen LogP contribution in [0.5, 0.6) is 5.75 Å². The number of carbonyl (C=O) groups excluding carboxylic acids is 3. The van der Waals surface area contributed by atoms with Gasteiger partial charge in [0.25, 0.3) is 0 Å². The van der Waals surface area contributed by atoms with E-state index in [2.05, 4.69) is 0 Å². The number of carbonyl (C=O) groups is 3. The molecule has 8 nitrogen and oxygen atoms in total. The third-order valence-electron chi connectivity index (χ3n) is 3.96. The summed E-state index contributed by atoms with van der Waals surface area (Å²) in [6.45, 7) is 2.87. The minimum Gasteiger partial charge on any atom is -0.497 e. The molecule has 0 saturated carbocycles. The van der Waals surface area contributed by atoms with Crippen molar-refractivity contribution < 1.29 is 19.1 Å². The summed E-state index contributed by atoms with van der Waals surface area (Å²) in [5, 5.41) is 8.67. The zero-order valence-electron chi connectivity index (χ0n) is 14.3. The lowest BCUT2D eigenvalue weighted by molar-refractivity contribution is -0.144. The number of urea groups is 1. The maximum absolute atomic E-state index is 12.5. The lowest BCUT2D eigenvalue weighted by Gasteiger charge is -2.24. The van der Waals surface area contributed by atoms with Crippen LogP contribution in [0.15, 0.2) is 24.3 Å². The molecule has 1 saturated heterocycles. The molecule has 4 amide bonds. The van der Waals surface area contributed by atoms with Gasteiger partial charge in [-0.2, -0.15) is 5.26 Å². The van der Waals surface area contributed by atoms with E-state index in [4.69, 9.17) is 10.00 Å². The molecular weight excluding hydrogens is 324 g/mol. The van der Waals surface area contributed by atoms with Crippen molar-refractivity contribution in [2.45, 2.75) is 19.9 Å². The molecule has 132 valence electrons. The first-order chi connectivity index (χ1) is 12.0. The van der Waals surface area contributed by atoms with Crippen molar-refractivity contribution in [2.24, 2.45) is 0 Å². The average molecular weight is 344 g/mol. The minimum absolute atomic E-state index is 0.000694. The molecule has 1 aromatic carbocycles. The summed E-state index contributed by atoms with van der Waals surface area (Å²) in [5.41, 5.74) is 0.717. The summed E-state index contributed by atoms with van der Waals surface area (Å²) in [6, 6.07) is 8.30. The molecule has 1 heterocycles. The van der Waals surface area contributed by atoms with Crippen molar-refractivity contribution in [1.29, 1.82) is 5.26 Å². The molecule has 2 rings (SSSR count). The Morgan fingerprint density at radius 3 is 2.32 bits per heavy atom. The monoisotopic (exact) mass is 344 g/mol. The van der Waals surface area contributed by atoms with Gasteiger partial charge < -0.3 is 4.74 Å². The second-order valence-corrected chi connectivity index (χ2v) is 5.52. The highest BCUT2D eigenvalue weighted by atomic mass is 16.5. The maximum Gasteiger partial charge on any atom is 0.335 e. The number of ether oxygens (including phenoxy) is 1. The second-order valence-electron chi connectivity index (χ2n) is 5.52. The van der Waals surface area contributed by atoms with Crippen molar-refractivity contribution in [3.05, 3.63) is 29.8 Å². The lowest BCUT2D eigenvalue weighted by atomic mass is 10.2.